The van der Waals surface area contributed by atoms with Gasteiger partial charge >= 0.3 is 0 Å². The second kappa shape index (κ2) is 7.20. The van der Waals surface area contributed by atoms with Crippen LogP contribution in [0.15, 0.2) is 65.6 Å². The van der Waals surface area contributed by atoms with Gasteiger partial charge in [-0.25, -0.2) is 0 Å². The van der Waals surface area contributed by atoms with Crippen LogP contribution >= 0.6 is 11.8 Å². The van der Waals surface area contributed by atoms with Gasteiger partial charge in [0.15, 0.2) is 0 Å². The smallest absolute Gasteiger partial charge is 0.237 e. The van der Waals surface area contributed by atoms with Gasteiger partial charge < -0.3 is 11.1 Å². The topological polar surface area (TPSA) is 55.1 Å². The maximum atomic E-state index is 12.2. The molecule has 4 heteroatoms. The van der Waals surface area contributed by atoms with Crippen molar-refractivity contribution in [3.8, 4) is 0 Å². The molecule has 3 N–H and O–H groups in total. The molecule has 2 aromatic rings. The van der Waals surface area contributed by atoms with Gasteiger partial charge in [-0.1, -0.05) is 48.5 Å². The van der Waals surface area contributed by atoms with Crippen LogP contribution in [0.2, 0.25) is 0 Å². The summed E-state index contributed by atoms with van der Waals surface area (Å²) in [6.45, 7) is 0.688. The fourth-order valence-corrected chi connectivity index (χ4v) is 3.78. The van der Waals surface area contributed by atoms with Crippen molar-refractivity contribution < 1.29 is 4.79 Å². The first-order chi connectivity index (χ1) is 11.2. The predicted molar refractivity (Wildman–Crippen MR) is 95.4 cm³/mol. The van der Waals surface area contributed by atoms with Crippen molar-refractivity contribution in [3.63, 3.8) is 0 Å². The summed E-state index contributed by atoms with van der Waals surface area (Å²) in [6.07, 6.45) is 2.85. The molecule has 0 radical (unpaired) electrons. The molecule has 0 bridgehead atoms. The molecule has 3 nitrogen and oxygen atoms in total. The zero-order valence-electron chi connectivity index (χ0n) is 13.1. The molecule has 0 aromatic heterocycles. The van der Waals surface area contributed by atoms with E-state index in [-0.39, 0.29) is 10.7 Å². The third-order valence-electron chi connectivity index (χ3n) is 4.11. The van der Waals surface area contributed by atoms with Crippen LogP contribution in [0.4, 0.5) is 0 Å². The molecule has 1 saturated carbocycles. The Kier molecular flexibility index (Phi) is 5.03. The van der Waals surface area contributed by atoms with Gasteiger partial charge in [0.2, 0.25) is 5.91 Å². The highest BCUT2D eigenvalue weighted by molar-refractivity contribution is 8.01. The van der Waals surface area contributed by atoms with Crippen LogP contribution in [0.3, 0.4) is 0 Å². The summed E-state index contributed by atoms with van der Waals surface area (Å²) >= 11 is 1.86. The average Bonchev–Trinajstić information content (AvgIpc) is 3.34. The van der Waals surface area contributed by atoms with Gasteiger partial charge in [0.1, 0.15) is 0 Å². The van der Waals surface area contributed by atoms with E-state index in [0.29, 0.717) is 13.0 Å². The van der Waals surface area contributed by atoms with Crippen LogP contribution in [-0.4, -0.2) is 23.2 Å². The highest BCUT2D eigenvalue weighted by Crippen LogP contribution is 2.51. The SMILES string of the molecule is N[C@@H](Cc1ccccc1)C(=O)NCC1(Sc2ccccc2)CC1. The Hall–Kier alpha value is -1.78. The average molecular weight is 326 g/mol. The zero-order chi connectivity index (χ0) is 16.1. The van der Waals surface area contributed by atoms with Crippen molar-refractivity contribution in [2.45, 2.75) is 34.9 Å². The third kappa shape index (κ3) is 4.60. The number of carbonyl (C=O) groups is 1. The maximum Gasteiger partial charge on any atom is 0.237 e. The molecule has 1 aliphatic rings. The minimum atomic E-state index is -0.491. The van der Waals surface area contributed by atoms with Crippen LogP contribution < -0.4 is 11.1 Å². The Labute approximate surface area is 141 Å². The molecule has 0 heterocycles. The molecule has 0 saturated heterocycles. The van der Waals surface area contributed by atoms with Gasteiger partial charge in [-0.2, -0.15) is 0 Å². The minimum absolute atomic E-state index is 0.0613. The van der Waals surface area contributed by atoms with Crippen molar-refractivity contribution in [2.75, 3.05) is 6.54 Å². The number of carbonyl (C=O) groups excluding carboxylic acids is 1. The summed E-state index contributed by atoms with van der Waals surface area (Å²) in [4.78, 5) is 13.5. The normalized spacial score (nSPS) is 16.6. The number of nitrogens with two attached hydrogens (primary N) is 1. The second-order valence-electron chi connectivity index (χ2n) is 6.11. The van der Waals surface area contributed by atoms with E-state index in [1.165, 1.54) is 4.90 Å². The van der Waals surface area contributed by atoms with Gasteiger partial charge in [0, 0.05) is 16.2 Å². The Balaban J connectivity index is 1.49. The van der Waals surface area contributed by atoms with Crippen molar-refractivity contribution in [3.05, 3.63) is 66.2 Å². The van der Waals surface area contributed by atoms with E-state index >= 15 is 0 Å². The molecule has 23 heavy (non-hydrogen) atoms. The molecular weight excluding hydrogens is 304 g/mol. The maximum absolute atomic E-state index is 12.2. The summed E-state index contributed by atoms with van der Waals surface area (Å²) in [5.74, 6) is -0.0613. The molecule has 1 amide bonds. The molecule has 1 fully saturated rings. The van der Waals surface area contributed by atoms with Crippen LogP contribution in [-0.2, 0) is 11.2 Å². The number of thioether (sulfide) groups is 1. The predicted octanol–water partition coefficient (Wildman–Crippen LogP) is 3.00. The highest BCUT2D eigenvalue weighted by Gasteiger charge is 2.44. The standard InChI is InChI=1S/C19H22N2OS/c20-17(13-15-7-3-1-4-8-15)18(22)21-14-19(11-12-19)23-16-9-5-2-6-10-16/h1-10,17H,11-14,20H2,(H,21,22)/t17-/m0/s1. The fraction of sp³-hybridized carbons (Fsp3) is 0.316. The zero-order valence-corrected chi connectivity index (χ0v) is 13.9. The van der Waals surface area contributed by atoms with E-state index in [4.69, 9.17) is 5.73 Å². The largest absolute Gasteiger partial charge is 0.353 e. The van der Waals surface area contributed by atoms with Crippen molar-refractivity contribution in [1.29, 1.82) is 0 Å². The van der Waals surface area contributed by atoms with Crippen LogP contribution in [0.1, 0.15) is 18.4 Å². The first-order valence-electron chi connectivity index (χ1n) is 7.98. The van der Waals surface area contributed by atoms with Crippen molar-refractivity contribution in [2.24, 2.45) is 5.73 Å². The van der Waals surface area contributed by atoms with Crippen molar-refractivity contribution in [1.82, 2.24) is 5.32 Å². The Morgan fingerprint density at radius 2 is 1.70 bits per heavy atom. The van der Waals surface area contributed by atoms with Gasteiger partial charge in [-0.05, 0) is 37.0 Å². The van der Waals surface area contributed by atoms with E-state index in [9.17, 15) is 4.79 Å². The number of rotatable bonds is 7. The van der Waals surface area contributed by atoms with Crippen LogP contribution in [0.25, 0.3) is 0 Å². The molecule has 1 aliphatic carbocycles. The first-order valence-corrected chi connectivity index (χ1v) is 8.80. The third-order valence-corrected chi connectivity index (χ3v) is 5.60. The summed E-state index contributed by atoms with van der Waals surface area (Å²) in [6, 6.07) is 19.8. The number of benzene rings is 2. The van der Waals surface area contributed by atoms with E-state index < -0.39 is 6.04 Å². The molecule has 3 rings (SSSR count). The lowest BCUT2D eigenvalue weighted by Crippen LogP contribution is -2.44. The molecule has 0 spiro atoms. The number of amides is 1. The Morgan fingerprint density at radius 3 is 2.30 bits per heavy atom. The van der Waals surface area contributed by atoms with Gasteiger partial charge in [-0.15, -0.1) is 11.8 Å². The summed E-state index contributed by atoms with van der Waals surface area (Å²) in [7, 11) is 0. The molecule has 120 valence electrons. The second-order valence-corrected chi connectivity index (χ2v) is 7.65. The lowest BCUT2D eigenvalue weighted by atomic mass is 10.1. The van der Waals surface area contributed by atoms with E-state index in [1.807, 2.05) is 60.3 Å². The molecule has 0 aliphatic heterocycles. The van der Waals surface area contributed by atoms with Crippen LogP contribution in [0.5, 0.6) is 0 Å². The van der Waals surface area contributed by atoms with Crippen molar-refractivity contribution >= 4 is 17.7 Å². The quantitative estimate of drug-likeness (QED) is 0.822. The number of hydrogen-bond donors (Lipinski definition) is 2. The lowest BCUT2D eigenvalue weighted by molar-refractivity contribution is -0.122. The summed E-state index contributed by atoms with van der Waals surface area (Å²) in [5, 5.41) is 3.04. The lowest BCUT2D eigenvalue weighted by Gasteiger charge is -2.18. The Morgan fingerprint density at radius 1 is 1.09 bits per heavy atom. The number of nitrogens with one attached hydrogen (secondary N) is 1. The van der Waals surface area contributed by atoms with Gasteiger partial charge in [-0.3, -0.25) is 4.79 Å². The minimum Gasteiger partial charge on any atom is -0.353 e. The van der Waals surface area contributed by atoms with E-state index in [1.54, 1.807) is 0 Å². The fourth-order valence-electron chi connectivity index (χ4n) is 2.53. The van der Waals surface area contributed by atoms with E-state index in [0.717, 1.165) is 18.4 Å². The van der Waals surface area contributed by atoms with Crippen LogP contribution in [0, 0.1) is 0 Å². The Bertz CT molecular complexity index is 641. The van der Waals surface area contributed by atoms with Gasteiger partial charge in [0.05, 0.1) is 6.04 Å². The first kappa shape index (κ1) is 16.1. The molecule has 2 aromatic carbocycles. The monoisotopic (exact) mass is 326 g/mol. The van der Waals surface area contributed by atoms with E-state index in [2.05, 4.69) is 17.4 Å². The molecular formula is C19H22N2OS. The molecule has 1 atom stereocenters. The number of hydrogen-bond acceptors (Lipinski definition) is 3. The highest BCUT2D eigenvalue weighted by atomic mass is 32.2. The summed E-state index contributed by atoms with van der Waals surface area (Å²) in [5.41, 5.74) is 7.13. The summed E-state index contributed by atoms with van der Waals surface area (Å²) < 4.78 is 0.156. The van der Waals surface area contributed by atoms with Gasteiger partial charge in [0.25, 0.3) is 0 Å². The molecule has 0 unspecified atom stereocenters.